The summed E-state index contributed by atoms with van der Waals surface area (Å²) in [6, 6.07) is 2.04. The molecule has 0 atom stereocenters. The van der Waals surface area contributed by atoms with Gasteiger partial charge in [-0.25, -0.2) is 9.97 Å². The molecule has 2 aromatic rings. The first kappa shape index (κ1) is 13.0. The topological polar surface area (TPSA) is 56.8 Å². The molecule has 0 aliphatic carbocycles. The fraction of sp³-hybridized carbons (Fsp3) is 0.538. The number of rotatable bonds is 6. The van der Waals surface area contributed by atoms with Gasteiger partial charge in [-0.15, -0.1) is 0 Å². The second-order valence-electron chi connectivity index (χ2n) is 4.82. The van der Waals surface area contributed by atoms with E-state index >= 15 is 0 Å². The minimum atomic E-state index is 0.806. The Morgan fingerprint density at radius 2 is 2.22 bits per heavy atom. The molecule has 0 saturated carbocycles. The highest BCUT2D eigenvalue weighted by molar-refractivity contribution is 5.74. The van der Waals surface area contributed by atoms with Crippen LogP contribution >= 0.6 is 0 Å². The van der Waals surface area contributed by atoms with Crippen molar-refractivity contribution in [3.05, 3.63) is 23.7 Å². The number of hydrogen-bond donors (Lipinski definition) is 2. The molecule has 2 N–H and O–H groups in total. The third kappa shape index (κ3) is 3.27. The molecule has 0 bridgehead atoms. The predicted octanol–water partition coefficient (Wildman–Crippen LogP) is 1.31. The monoisotopic (exact) mass is 247 g/mol. The van der Waals surface area contributed by atoms with Gasteiger partial charge in [0.1, 0.15) is 5.82 Å². The normalized spacial score (nSPS) is 11.6. The highest BCUT2D eigenvalue weighted by Crippen LogP contribution is 2.13. The lowest BCUT2D eigenvalue weighted by Gasteiger charge is -2.10. The molecule has 0 fully saturated rings. The first-order valence-corrected chi connectivity index (χ1v) is 6.32. The number of pyridine rings is 1. The average molecular weight is 247 g/mol. The van der Waals surface area contributed by atoms with Crippen LogP contribution in [0.3, 0.4) is 0 Å². The van der Waals surface area contributed by atoms with Gasteiger partial charge in [-0.2, -0.15) is 0 Å². The van der Waals surface area contributed by atoms with Crippen LogP contribution in [0.15, 0.2) is 12.3 Å². The molecular weight excluding hydrogens is 226 g/mol. The number of imidazole rings is 1. The largest absolute Gasteiger partial charge is 0.341 e. The standard InChI is InChI=1S/C13H21N5/c1-10-16-12-11(5-7-15-13(12)17-10)9-14-6-4-8-18(2)3/h5,7,14H,4,6,8-9H2,1-3H3,(H,15,16,17). The summed E-state index contributed by atoms with van der Waals surface area (Å²) in [5.74, 6) is 0.914. The molecule has 0 aliphatic rings. The van der Waals surface area contributed by atoms with Crippen LogP contribution in [0, 0.1) is 6.92 Å². The van der Waals surface area contributed by atoms with Crippen molar-refractivity contribution in [1.82, 2.24) is 25.2 Å². The molecule has 0 aliphatic heterocycles. The fourth-order valence-electron chi connectivity index (χ4n) is 1.97. The maximum Gasteiger partial charge on any atom is 0.177 e. The zero-order valence-electron chi connectivity index (χ0n) is 11.3. The molecule has 2 aromatic heterocycles. The molecule has 0 spiro atoms. The Hall–Kier alpha value is -1.46. The Bertz CT molecular complexity index is 503. The summed E-state index contributed by atoms with van der Waals surface area (Å²) in [6.07, 6.45) is 2.97. The Labute approximate surface area is 108 Å². The van der Waals surface area contributed by atoms with Crippen molar-refractivity contribution in [2.45, 2.75) is 19.9 Å². The van der Waals surface area contributed by atoms with Gasteiger partial charge >= 0.3 is 0 Å². The van der Waals surface area contributed by atoms with E-state index in [4.69, 9.17) is 0 Å². The van der Waals surface area contributed by atoms with E-state index in [2.05, 4.69) is 39.3 Å². The SMILES string of the molecule is Cc1nc2nccc(CNCCCN(C)C)c2[nH]1. The van der Waals surface area contributed by atoms with Crippen LogP contribution in [0.2, 0.25) is 0 Å². The molecule has 18 heavy (non-hydrogen) atoms. The van der Waals surface area contributed by atoms with E-state index in [0.29, 0.717) is 0 Å². The summed E-state index contributed by atoms with van der Waals surface area (Å²) >= 11 is 0. The molecule has 0 aromatic carbocycles. The van der Waals surface area contributed by atoms with Gasteiger partial charge in [0.25, 0.3) is 0 Å². The van der Waals surface area contributed by atoms with Crippen molar-refractivity contribution in [2.75, 3.05) is 27.2 Å². The summed E-state index contributed by atoms with van der Waals surface area (Å²) in [7, 11) is 4.19. The molecule has 98 valence electrons. The predicted molar refractivity (Wildman–Crippen MR) is 73.5 cm³/mol. The van der Waals surface area contributed by atoms with E-state index in [9.17, 15) is 0 Å². The summed E-state index contributed by atoms with van der Waals surface area (Å²) in [4.78, 5) is 14.1. The van der Waals surface area contributed by atoms with Crippen molar-refractivity contribution in [2.24, 2.45) is 0 Å². The van der Waals surface area contributed by atoms with Crippen molar-refractivity contribution in [3.8, 4) is 0 Å². The van der Waals surface area contributed by atoms with Gasteiger partial charge in [-0.05, 0) is 52.2 Å². The molecule has 5 heteroatoms. The second-order valence-corrected chi connectivity index (χ2v) is 4.82. The quantitative estimate of drug-likeness (QED) is 0.756. The van der Waals surface area contributed by atoms with E-state index in [1.54, 1.807) is 0 Å². The average Bonchev–Trinajstić information content (AvgIpc) is 2.69. The van der Waals surface area contributed by atoms with Crippen LogP contribution < -0.4 is 5.32 Å². The highest BCUT2D eigenvalue weighted by Gasteiger charge is 2.05. The molecular formula is C13H21N5. The van der Waals surface area contributed by atoms with E-state index in [1.807, 2.05) is 19.2 Å². The molecule has 0 saturated heterocycles. The summed E-state index contributed by atoms with van der Waals surface area (Å²) in [6.45, 7) is 4.95. The van der Waals surface area contributed by atoms with Gasteiger partial charge in [0, 0.05) is 12.7 Å². The number of aryl methyl sites for hydroxylation is 1. The van der Waals surface area contributed by atoms with Crippen LogP contribution in [0.5, 0.6) is 0 Å². The zero-order valence-corrected chi connectivity index (χ0v) is 11.3. The molecule has 5 nitrogen and oxygen atoms in total. The van der Waals surface area contributed by atoms with E-state index in [-0.39, 0.29) is 0 Å². The number of hydrogen-bond acceptors (Lipinski definition) is 4. The van der Waals surface area contributed by atoms with Crippen molar-refractivity contribution in [1.29, 1.82) is 0 Å². The number of aromatic amines is 1. The number of nitrogens with zero attached hydrogens (tertiary/aromatic N) is 3. The fourth-order valence-corrected chi connectivity index (χ4v) is 1.97. The van der Waals surface area contributed by atoms with Crippen LogP contribution in [0.4, 0.5) is 0 Å². The van der Waals surface area contributed by atoms with Gasteiger partial charge in [0.15, 0.2) is 5.65 Å². The van der Waals surface area contributed by atoms with Crippen LogP contribution in [-0.2, 0) is 6.54 Å². The zero-order chi connectivity index (χ0) is 13.0. The first-order chi connectivity index (χ1) is 8.66. The lowest BCUT2D eigenvalue weighted by Crippen LogP contribution is -2.21. The maximum atomic E-state index is 4.34. The van der Waals surface area contributed by atoms with Gasteiger partial charge in [-0.3, -0.25) is 0 Å². The number of H-pyrrole nitrogens is 1. The van der Waals surface area contributed by atoms with Gasteiger partial charge in [0.05, 0.1) is 5.52 Å². The smallest absolute Gasteiger partial charge is 0.177 e. The Kier molecular flexibility index (Phi) is 4.28. The van der Waals surface area contributed by atoms with Crippen LogP contribution in [0.25, 0.3) is 11.2 Å². The first-order valence-electron chi connectivity index (χ1n) is 6.32. The Morgan fingerprint density at radius 1 is 1.39 bits per heavy atom. The van der Waals surface area contributed by atoms with E-state index < -0.39 is 0 Å². The van der Waals surface area contributed by atoms with E-state index in [1.165, 1.54) is 5.56 Å². The van der Waals surface area contributed by atoms with Crippen molar-refractivity contribution in [3.63, 3.8) is 0 Å². The summed E-state index contributed by atoms with van der Waals surface area (Å²) < 4.78 is 0. The lowest BCUT2D eigenvalue weighted by molar-refractivity contribution is 0.394. The van der Waals surface area contributed by atoms with Gasteiger partial charge < -0.3 is 15.2 Å². The molecule has 0 unspecified atom stereocenters. The van der Waals surface area contributed by atoms with Crippen molar-refractivity contribution < 1.29 is 0 Å². The molecule has 2 heterocycles. The number of aromatic nitrogens is 3. The third-order valence-corrected chi connectivity index (χ3v) is 2.87. The van der Waals surface area contributed by atoms with Crippen LogP contribution in [0.1, 0.15) is 17.8 Å². The third-order valence-electron chi connectivity index (χ3n) is 2.87. The Balaban J connectivity index is 1.91. The van der Waals surface area contributed by atoms with Crippen molar-refractivity contribution >= 4 is 11.2 Å². The summed E-state index contributed by atoms with van der Waals surface area (Å²) in [5, 5.41) is 3.46. The van der Waals surface area contributed by atoms with E-state index in [0.717, 1.165) is 43.0 Å². The molecule has 2 rings (SSSR count). The summed E-state index contributed by atoms with van der Waals surface area (Å²) in [5.41, 5.74) is 3.08. The van der Waals surface area contributed by atoms with Crippen LogP contribution in [-0.4, -0.2) is 47.0 Å². The lowest BCUT2D eigenvalue weighted by atomic mass is 10.2. The molecule has 0 radical (unpaired) electrons. The van der Waals surface area contributed by atoms with Gasteiger partial charge in [-0.1, -0.05) is 0 Å². The highest BCUT2D eigenvalue weighted by atomic mass is 15.1. The Morgan fingerprint density at radius 3 is 3.00 bits per heavy atom. The van der Waals surface area contributed by atoms with Gasteiger partial charge in [0.2, 0.25) is 0 Å². The minimum absolute atomic E-state index is 0.806. The second kappa shape index (κ2) is 5.93. The maximum absolute atomic E-state index is 4.34. The minimum Gasteiger partial charge on any atom is -0.341 e. The molecule has 0 amide bonds. The number of nitrogens with one attached hydrogen (secondary N) is 2. The number of fused-ring (bicyclic) bond motifs is 1.